The van der Waals surface area contributed by atoms with Crippen molar-refractivity contribution in [1.82, 2.24) is 0 Å². The van der Waals surface area contributed by atoms with Crippen LogP contribution in [0, 0.1) is 6.92 Å². The number of nitrogens with zero attached hydrogens (tertiary/aromatic N) is 1. The molecule has 0 amide bonds. The summed E-state index contributed by atoms with van der Waals surface area (Å²) in [6, 6.07) is 7.71. The van der Waals surface area contributed by atoms with Crippen molar-refractivity contribution in [3.05, 3.63) is 45.6 Å². The van der Waals surface area contributed by atoms with Crippen LogP contribution in [-0.4, -0.2) is 24.7 Å². The number of nitrogens with two attached hydrogens (primary N) is 1. The minimum absolute atomic E-state index is 0.169. The van der Waals surface area contributed by atoms with Crippen molar-refractivity contribution in [2.45, 2.75) is 13.3 Å². The first-order valence-electron chi connectivity index (χ1n) is 6.36. The molecule has 0 aliphatic heterocycles. The lowest BCUT2D eigenvalue weighted by Crippen LogP contribution is -2.21. The summed E-state index contributed by atoms with van der Waals surface area (Å²) in [5, 5.41) is 11.2. The first-order valence-corrected chi connectivity index (χ1v) is 7.24. The van der Waals surface area contributed by atoms with Crippen LogP contribution >= 0.6 is 11.3 Å². The Labute approximate surface area is 122 Å². The lowest BCUT2D eigenvalue weighted by molar-refractivity contribution is 0.0698. The van der Waals surface area contributed by atoms with Crippen LogP contribution in [0.1, 0.15) is 20.8 Å². The number of likely N-dealkylation sites (N-methyl/N-ethyl adjacent to an activating group) is 1. The number of nitrogen functional groups attached to an aromatic ring is 1. The number of rotatable bonds is 5. The Hall–Kier alpha value is -2.01. The highest BCUT2D eigenvalue weighted by Crippen LogP contribution is 2.25. The molecular weight excluding hydrogens is 272 g/mol. The highest BCUT2D eigenvalue weighted by atomic mass is 32.1. The third-order valence-electron chi connectivity index (χ3n) is 3.32. The number of carboxylic acid groups (broad SMARTS) is 1. The third-order valence-corrected chi connectivity index (χ3v) is 4.25. The van der Waals surface area contributed by atoms with Gasteiger partial charge in [-0.05, 0) is 42.5 Å². The van der Waals surface area contributed by atoms with E-state index < -0.39 is 5.97 Å². The van der Waals surface area contributed by atoms with Crippen LogP contribution < -0.4 is 10.6 Å². The molecule has 1 heterocycles. The van der Waals surface area contributed by atoms with E-state index in [4.69, 9.17) is 5.73 Å². The van der Waals surface area contributed by atoms with Crippen LogP contribution in [0.25, 0.3) is 0 Å². The van der Waals surface area contributed by atoms with E-state index in [1.54, 1.807) is 17.4 Å². The molecule has 0 fully saturated rings. The quantitative estimate of drug-likeness (QED) is 0.831. The zero-order chi connectivity index (χ0) is 14.7. The standard InChI is InChI=1S/C15H18N2O2S/c1-10-8-11(9-13(14(10)16)15(18)19)17(2)6-5-12-4-3-7-20-12/h3-4,7-9H,5-6,16H2,1-2H3,(H,18,19). The van der Waals surface area contributed by atoms with Gasteiger partial charge in [-0.1, -0.05) is 6.07 Å². The molecule has 1 aromatic heterocycles. The predicted molar refractivity (Wildman–Crippen MR) is 83.8 cm³/mol. The van der Waals surface area contributed by atoms with E-state index in [1.165, 1.54) is 4.88 Å². The van der Waals surface area contributed by atoms with Crippen LogP contribution in [0.5, 0.6) is 0 Å². The molecule has 20 heavy (non-hydrogen) atoms. The molecule has 0 atom stereocenters. The molecule has 106 valence electrons. The number of aryl methyl sites for hydroxylation is 1. The molecule has 0 bridgehead atoms. The zero-order valence-corrected chi connectivity index (χ0v) is 12.4. The van der Waals surface area contributed by atoms with Gasteiger partial charge in [0.25, 0.3) is 0 Å². The zero-order valence-electron chi connectivity index (χ0n) is 11.6. The SMILES string of the molecule is Cc1cc(N(C)CCc2cccs2)cc(C(=O)O)c1N. The molecule has 2 aromatic rings. The second-order valence-corrected chi connectivity index (χ2v) is 5.81. The smallest absolute Gasteiger partial charge is 0.337 e. The van der Waals surface area contributed by atoms with Crippen molar-refractivity contribution in [3.63, 3.8) is 0 Å². The molecule has 3 N–H and O–H groups in total. The first kappa shape index (κ1) is 14.4. The lowest BCUT2D eigenvalue weighted by atomic mass is 10.1. The van der Waals surface area contributed by atoms with Gasteiger partial charge in [0.05, 0.1) is 5.56 Å². The van der Waals surface area contributed by atoms with Gasteiger partial charge in [0.2, 0.25) is 0 Å². The molecule has 0 aliphatic rings. The minimum Gasteiger partial charge on any atom is -0.478 e. The maximum atomic E-state index is 11.2. The topological polar surface area (TPSA) is 66.6 Å². The number of hydrogen-bond acceptors (Lipinski definition) is 4. The second-order valence-electron chi connectivity index (χ2n) is 4.78. The summed E-state index contributed by atoms with van der Waals surface area (Å²) in [4.78, 5) is 14.6. The maximum Gasteiger partial charge on any atom is 0.337 e. The Bertz CT molecular complexity index is 609. The lowest BCUT2D eigenvalue weighted by Gasteiger charge is -2.21. The van der Waals surface area contributed by atoms with Crippen molar-refractivity contribution in [2.75, 3.05) is 24.2 Å². The number of carbonyl (C=O) groups is 1. The molecule has 0 radical (unpaired) electrons. The molecule has 0 saturated carbocycles. The van der Waals surface area contributed by atoms with Crippen molar-refractivity contribution >= 4 is 28.7 Å². The summed E-state index contributed by atoms with van der Waals surface area (Å²) in [7, 11) is 1.96. The van der Waals surface area contributed by atoms with Crippen molar-refractivity contribution < 1.29 is 9.90 Å². The molecule has 2 rings (SSSR count). The van der Waals surface area contributed by atoms with Gasteiger partial charge in [-0.25, -0.2) is 4.79 Å². The Balaban J connectivity index is 2.17. The van der Waals surface area contributed by atoms with E-state index in [0.29, 0.717) is 5.69 Å². The minimum atomic E-state index is -0.987. The van der Waals surface area contributed by atoms with Crippen LogP contribution in [-0.2, 0) is 6.42 Å². The van der Waals surface area contributed by atoms with Gasteiger partial charge < -0.3 is 15.7 Å². The van der Waals surface area contributed by atoms with Gasteiger partial charge in [-0.15, -0.1) is 11.3 Å². The average molecular weight is 290 g/mol. The molecule has 0 unspecified atom stereocenters. The van der Waals surface area contributed by atoms with Gasteiger partial charge in [0, 0.05) is 29.8 Å². The number of aromatic carboxylic acids is 1. The van der Waals surface area contributed by atoms with E-state index in [9.17, 15) is 9.90 Å². The fourth-order valence-corrected chi connectivity index (χ4v) is 2.74. The third kappa shape index (κ3) is 3.11. The molecule has 0 spiro atoms. The van der Waals surface area contributed by atoms with Crippen LogP contribution in [0.3, 0.4) is 0 Å². The van der Waals surface area contributed by atoms with E-state index >= 15 is 0 Å². The molecule has 1 aromatic carbocycles. The number of carboxylic acids is 1. The van der Waals surface area contributed by atoms with E-state index in [2.05, 4.69) is 16.3 Å². The number of hydrogen-bond donors (Lipinski definition) is 2. The van der Waals surface area contributed by atoms with Gasteiger partial charge in [-0.2, -0.15) is 0 Å². The van der Waals surface area contributed by atoms with Crippen molar-refractivity contribution in [1.29, 1.82) is 0 Å². The Morgan fingerprint density at radius 1 is 1.45 bits per heavy atom. The molecule has 5 heteroatoms. The van der Waals surface area contributed by atoms with Gasteiger partial charge in [0.15, 0.2) is 0 Å². The summed E-state index contributed by atoms with van der Waals surface area (Å²) in [5.74, 6) is -0.987. The van der Waals surface area contributed by atoms with Gasteiger partial charge >= 0.3 is 5.97 Å². The summed E-state index contributed by atoms with van der Waals surface area (Å²) >= 11 is 1.73. The van der Waals surface area contributed by atoms with E-state index in [-0.39, 0.29) is 5.56 Å². The Morgan fingerprint density at radius 3 is 2.80 bits per heavy atom. The summed E-state index contributed by atoms with van der Waals surface area (Å²) in [5.41, 5.74) is 7.99. The average Bonchev–Trinajstić information content (AvgIpc) is 2.91. The van der Waals surface area contributed by atoms with Crippen LogP contribution in [0.2, 0.25) is 0 Å². The van der Waals surface area contributed by atoms with Crippen molar-refractivity contribution in [3.8, 4) is 0 Å². The van der Waals surface area contributed by atoms with Crippen LogP contribution in [0.15, 0.2) is 29.6 Å². The summed E-state index contributed by atoms with van der Waals surface area (Å²) in [6.07, 6.45) is 0.944. The maximum absolute atomic E-state index is 11.2. The molecular formula is C15H18N2O2S. The van der Waals surface area contributed by atoms with E-state index in [0.717, 1.165) is 24.2 Å². The summed E-state index contributed by atoms with van der Waals surface area (Å²) in [6.45, 7) is 2.67. The highest BCUT2D eigenvalue weighted by Gasteiger charge is 2.13. The van der Waals surface area contributed by atoms with Gasteiger partial charge in [0.1, 0.15) is 0 Å². The number of benzene rings is 1. The first-order chi connectivity index (χ1) is 9.49. The normalized spacial score (nSPS) is 10.5. The number of anilines is 2. The van der Waals surface area contributed by atoms with E-state index in [1.807, 2.05) is 26.1 Å². The largest absolute Gasteiger partial charge is 0.478 e. The fourth-order valence-electron chi connectivity index (χ4n) is 2.04. The summed E-state index contributed by atoms with van der Waals surface area (Å²) < 4.78 is 0. The second kappa shape index (κ2) is 5.96. The molecule has 0 saturated heterocycles. The van der Waals surface area contributed by atoms with Crippen LogP contribution in [0.4, 0.5) is 11.4 Å². The van der Waals surface area contributed by atoms with Gasteiger partial charge in [-0.3, -0.25) is 0 Å². The highest BCUT2D eigenvalue weighted by molar-refractivity contribution is 7.09. The Kier molecular flexibility index (Phi) is 4.29. The molecule has 0 aliphatic carbocycles. The Morgan fingerprint density at radius 2 is 2.20 bits per heavy atom. The monoisotopic (exact) mass is 290 g/mol. The van der Waals surface area contributed by atoms with Crippen molar-refractivity contribution in [2.24, 2.45) is 0 Å². The fraction of sp³-hybridized carbons (Fsp3) is 0.267. The molecule has 4 nitrogen and oxygen atoms in total. The predicted octanol–water partition coefficient (Wildman–Crippen LogP) is 3.02. The number of thiophene rings is 1.